The van der Waals surface area contributed by atoms with Gasteiger partial charge in [0.15, 0.2) is 0 Å². The van der Waals surface area contributed by atoms with Crippen LogP contribution in [0.4, 0.5) is 0 Å². The molecular weight excluding hydrogens is 270 g/mol. The summed E-state index contributed by atoms with van der Waals surface area (Å²) >= 11 is 0. The molecule has 1 aliphatic rings. The van der Waals surface area contributed by atoms with Crippen LogP contribution in [0.3, 0.4) is 0 Å². The SMILES string of the molecule is COC(=O)c1c2n(c3ccccc13)CCCC2C(=O)OC. The highest BCUT2D eigenvalue weighted by Crippen LogP contribution is 2.38. The summed E-state index contributed by atoms with van der Waals surface area (Å²) in [5.41, 5.74) is 2.17. The number of methoxy groups -OCH3 is 2. The van der Waals surface area contributed by atoms with E-state index in [-0.39, 0.29) is 5.97 Å². The van der Waals surface area contributed by atoms with Crippen molar-refractivity contribution in [2.75, 3.05) is 14.2 Å². The van der Waals surface area contributed by atoms with Crippen molar-refractivity contribution in [3.05, 3.63) is 35.5 Å². The molecule has 5 heteroatoms. The lowest BCUT2D eigenvalue weighted by Crippen LogP contribution is -2.25. The van der Waals surface area contributed by atoms with Gasteiger partial charge in [-0.15, -0.1) is 0 Å². The van der Waals surface area contributed by atoms with Gasteiger partial charge in [0.25, 0.3) is 0 Å². The Morgan fingerprint density at radius 2 is 1.95 bits per heavy atom. The Hall–Kier alpha value is -2.30. The minimum Gasteiger partial charge on any atom is -0.469 e. The first-order valence-corrected chi connectivity index (χ1v) is 6.96. The first kappa shape index (κ1) is 13.7. The normalized spacial score (nSPS) is 17.3. The van der Waals surface area contributed by atoms with E-state index >= 15 is 0 Å². The summed E-state index contributed by atoms with van der Waals surface area (Å²) in [6, 6.07) is 7.67. The molecule has 2 heterocycles. The molecule has 1 aromatic heterocycles. The van der Waals surface area contributed by atoms with E-state index in [1.165, 1.54) is 14.2 Å². The number of rotatable bonds is 2. The average molecular weight is 287 g/mol. The van der Waals surface area contributed by atoms with Crippen molar-refractivity contribution in [2.24, 2.45) is 0 Å². The molecule has 1 aliphatic heterocycles. The second-order valence-corrected chi connectivity index (χ2v) is 5.14. The van der Waals surface area contributed by atoms with Crippen molar-refractivity contribution in [1.29, 1.82) is 0 Å². The van der Waals surface area contributed by atoms with Crippen LogP contribution < -0.4 is 0 Å². The predicted octanol–water partition coefficient (Wildman–Crippen LogP) is 2.48. The number of ether oxygens (including phenoxy) is 2. The number of benzene rings is 1. The van der Waals surface area contributed by atoms with Gasteiger partial charge >= 0.3 is 11.9 Å². The zero-order valence-corrected chi connectivity index (χ0v) is 12.1. The molecular formula is C16H17NO4. The molecule has 3 rings (SSSR count). The first-order valence-electron chi connectivity index (χ1n) is 6.96. The van der Waals surface area contributed by atoms with Gasteiger partial charge in [-0.3, -0.25) is 4.79 Å². The van der Waals surface area contributed by atoms with Crippen molar-refractivity contribution < 1.29 is 19.1 Å². The second-order valence-electron chi connectivity index (χ2n) is 5.14. The summed E-state index contributed by atoms with van der Waals surface area (Å²) in [7, 11) is 2.74. The number of esters is 2. The van der Waals surface area contributed by atoms with Crippen LogP contribution in [0.1, 0.15) is 34.8 Å². The molecule has 0 saturated heterocycles. The molecule has 0 aliphatic carbocycles. The Morgan fingerprint density at radius 3 is 2.67 bits per heavy atom. The van der Waals surface area contributed by atoms with E-state index in [9.17, 15) is 9.59 Å². The lowest BCUT2D eigenvalue weighted by Gasteiger charge is -2.24. The van der Waals surface area contributed by atoms with E-state index in [4.69, 9.17) is 9.47 Å². The smallest absolute Gasteiger partial charge is 0.340 e. The summed E-state index contributed by atoms with van der Waals surface area (Å²) in [6.07, 6.45) is 1.57. The molecule has 1 atom stereocenters. The molecule has 0 spiro atoms. The fourth-order valence-electron chi connectivity index (χ4n) is 3.20. The van der Waals surface area contributed by atoms with Gasteiger partial charge in [0.1, 0.15) is 0 Å². The van der Waals surface area contributed by atoms with E-state index in [0.29, 0.717) is 12.0 Å². The molecule has 1 aromatic carbocycles. The van der Waals surface area contributed by atoms with E-state index in [2.05, 4.69) is 0 Å². The number of carbonyl (C=O) groups is 2. The highest BCUT2D eigenvalue weighted by atomic mass is 16.5. The van der Waals surface area contributed by atoms with Crippen molar-refractivity contribution in [1.82, 2.24) is 4.57 Å². The van der Waals surface area contributed by atoms with Gasteiger partial charge in [-0.1, -0.05) is 18.2 Å². The van der Waals surface area contributed by atoms with Gasteiger partial charge in [0.05, 0.1) is 25.7 Å². The van der Waals surface area contributed by atoms with Crippen molar-refractivity contribution in [3.8, 4) is 0 Å². The summed E-state index contributed by atoms with van der Waals surface area (Å²) in [4.78, 5) is 24.3. The third-order valence-electron chi connectivity index (χ3n) is 4.09. The number of hydrogen-bond acceptors (Lipinski definition) is 4. The maximum absolute atomic E-state index is 12.2. The predicted molar refractivity (Wildman–Crippen MR) is 77.3 cm³/mol. The zero-order chi connectivity index (χ0) is 15.0. The molecule has 21 heavy (non-hydrogen) atoms. The van der Waals surface area contributed by atoms with E-state index in [1.807, 2.05) is 28.8 Å². The molecule has 2 aromatic rings. The van der Waals surface area contributed by atoms with Crippen LogP contribution in [0, 0.1) is 0 Å². The monoisotopic (exact) mass is 287 g/mol. The maximum Gasteiger partial charge on any atom is 0.340 e. The number of aryl methyl sites for hydroxylation is 1. The summed E-state index contributed by atoms with van der Waals surface area (Å²) < 4.78 is 11.9. The Kier molecular flexibility index (Phi) is 3.41. The Bertz CT molecular complexity index is 716. The standard InChI is InChI=1S/C16H17NO4/c1-20-15(18)11-7-5-9-17-12-8-4-3-6-10(12)13(14(11)17)16(19)21-2/h3-4,6,8,11H,5,7,9H2,1-2H3. The first-order chi connectivity index (χ1) is 10.2. The van der Waals surface area contributed by atoms with Gasteiger partial charge in [-0.2, -0.15) is 0 Å². The minimum atomic E-state index is -0.412. The number of hydrogen-bond donors (Lipinski definition) is 0. The molecule has 0 saturated carbocycles. The van der Waals surface area contributed by atoms with Gasteiger partial charge in [0, 0.05) is 23.1 Å². The highest BCUT2D eigenvalue weighted by molar-refractivity contribution is 6.07. The molecule has 0 bridgehead atoms. The third kappa shape index (κ3) is 2.00. The molecule has 0 amide bonds. The maximum atomic E-state index is 12.2. The largest absolute Gasteiger partial charge is 0.469 e. The van der Waals surface area contributed by atoms with Crippen LogP contribution in [0.25, 0.3) is 10.9 Å². The number of carbonyl (C=O) groups excluding carboxylic acids is 2. The number of nitrogens with zero attached hydrogens (tertiary/aromatic N) is 1. The number of aromatic nitrogens is 1. The Balaban J connectivity index is 2.32. The topological polar surface area (TPSA) is 57.5 Å². The van der Waals surface area contributed by atoms with E-state index in [0.717, 1.165) is 29.6 Å². The fourth-order valence-corrected chi connectivity index (χ4v) is 3.20. The molecule has 0 fully saturated rings. The quantitative estimate of drug-likeness (QED) is 0.796. The highest BCUT2D eigenvalue weighted by Gasteiger charge is 2.35. The molecule has 0 N–H and O–H groups in total. The summed E-state index contributed by atoms with van der Waals surface area (Å²) in [6.45, 7) is 0.792. The van der Waals surface area contributed by atoms with Gasteiger partial charge in [-0.05, 0) is 18.9 Å². The fraction of sp³-hybridized carbons (Fsp3) is 0.375. The lowest BCUT2D eigenvalue weighted by atomic mass is 9.93. The van der Waals surface area contributed by atoms with E-state index < -0.39 is 11.9 Å². The molecule has 5 nitrogen and oxygen atoms in total. The van der Waals surface area contributed by atoms with Crippen LogP contribution in [0.5, 0.6) is 0 Å². The van der Waals surface area contributed by atoms with Crippen molar-refractivity contribution in [2.45, 2.75) is 25.3 Å². The van der Waals surface area contributed by atoms with Gasteiger partial charge in [-0.25, -0.2) is 4.79 Å². The molecule has 0 radical (unpaired) electrons. The van der Waals surface area contributed by atoms with Gasteiger partial charge in [0.2, 0.25) is 0 Å². The van der Waals surface area contributed by atoms with Crippen LogP contribution in [-0.4, -0.2) is 30.7 Å². The van der Waals surface area contributed by atoms with Crippen molar-refractivity contribution >= 4 is 22.8 Å². The average Bonchev–Trinajstić information content (AvgIpc) is 2.88. The van der Waals surface area contributed by atoms with Gasteiger partial charge < -0.3 is 14.0 Å². The van der Waals surface area contributed by atoms with Crippen LogP contribution in [-0.2, 0) is 20.8 Å². The summed E-state index contributed by atoms with van der Waals surface area (Å²) in [5, 5.41) is 0.829. The van der Waals surface area contributed by atoms with Crippen LogP contribution in [0.15, 0.2) is 24.3 Å². The number of para-hydroxylation sites is 1. The minimum absolute atomic E-state index is 0.302. The second kappa shape index (κ2) is 5.24. The molecule has 110 valence electrons. The van der Waals surface area contributed by atoms with E-state index in [1.54, 1.807) is 0 Å². The van der Waals surface area contributed by atoms with Crippen LogP contribution in [0.2, 0.25) is 0 Å². The Morgan fingerprint density at radius 1 is 1.19 bits per heavy atom. The zero-order valence-electron chi connectivity index (χ0n) is 12.1. The molecule has 1 unspecified atom stereocenters. The van der Waals surface area contributed by atoms with Crippen molar-refractivity contribution in [3.63, 3.8) is 0 Å². The lowest BCUT2D eigenvalue weighted by molar-refractivity contribution is -0.143. The Labute approximate surface area is 122 Å². The third-order valence-corrected chi connectivity index (χ3v) is 4.09. The van der Waals surface area contributed by atoms with Crippen LogP contribution >= 0.6 is 0 Å². The number of fused-ring (bicyclic) bond motifs is 3. The summed E-state index contributed by atoms with van der Waals surface area (Å²) in [5.74, 6) is -1.12.